The maximum absolute atomic E-state index is 11.9. The van der Waals surface area contributed by atoms with E-state index in [1.54, 1.807) is 17.8 Å². The SMILES string of the molecule is CC(Cn1cc([N+](=O)[O-])cn1)C(=O)NCCCn1cccn1. The van der Waals surface area contributed by atoms with Crippen LogP contribution in [0.1, 0.15) is 13.3 Å². The molecule has 9 nitrogen and oxygen atoms in total. The highest BCUT2D eigenvalue weighted by molar-refractivity contribution is 5.78. The molecule has 0 bridgehead atoms. The van der Waals surface area contributed by atoms with Gasteiger partial charge in [0.1, 0.15) is 12.4 Å². The number of nitrogens with zero attached hydrogens (tertiary/aromatic N) is 5. The van der Waals surface area contributed by atoms with E-state index in [2.05, 4.69) is 15.5 Å². The maximum Gasteiger partial charge on any atom is 0.306 e. The Morgan fingerprint density at radius 1 is 1.45 bits per heavy atom. The summed E-state index contributed by atoms with van der Waals surface area (Å²) in [6.07, 6.45) is 6.86. The van der Waals surface area contributed by atoms with Crippen LogP contribution in [0.4, 0.5) is 5.69 Å². The van der Waals surface area contributed by atoms with Gasteiger partial charge in [0.05, 0.1) is 17.4 Å². The topological polar surface area (TPSA) is 108 Å². The molecule has 2 aromatic rings. The van der Waals surface area contributed by atoms with Crippen molar-refractivity contribution in [2.24, 2.45) is 5.92 Å². The zero-order valence-electron chi connectivity index (χ0n) is 12.3. The molecule has 0 saturated heterocycles. The average Bonchev–Trinajstić information content (AvgIpc) is 3.14. The van der Waals surface area contributed by atoms with Crippen molar-refractivity contribution in [3.63, 3.8) is 0 Å². The molecule has 1 amide bonds. The smallest absolute Gasteiger partial charge is 0.306 e. The quantitative estimate of drug-likeness (QED) is 0.441. The van der Waals surface area contributed by atoms with E-state index in [4.69, 9.17) is 0 Å². The number of carbonyl (C=O) groups excluding carboxylic acids is 1. The van der Waals surface area contributed by atoms with Crippen LogP contribution in [-0.4, -0.2) is 36.9 Å². The van der Waals surface area contributed by atoms with E-state index in [9.17, 15) is 14.9 Å². The second-order valence-electron chi connectivity index (χ2n) is 4.99. The number of aromatic nitrogens is 4. The Morgan fingerprint density at radius 3 is 2.91 bits per heavy atom. The van der Waals surface area contributed by atoms with Crippen LogP contribution in [0.5, 0.6) is 0 Å². The predicted molar refractivity (Wildman–Crippen MR) is 77.9 cm³/mol. The van der Waals surface area contributed by atoms with Crippen LogP contribution in [0.3, 0.4) is 0 Å². The van der Waals surface area contributed by atoms with Gasteiger partial charge in [-0.05, 0) is 12.5 Å². The van der Waals surface area contributed by atoms with Gasteiger partial charge in [0, 0.05) is 25.5 Å². The second-order valence-corrected chi connectivity index (χ2v) is 4.99. The summed E-state index contributed by atoms with van der Waals surface area (Å²) in [5.41, 5.74) is -0.0770. The van der Waals surface area contributed by atoms with Gasteiger partial charge in [-0.3, -0.25) is 24.3 Å². The zero-order chi connectivity index (χ0) is 15.9. The Kier molecular flexibility index (Phi) is 5.23. The Hall–Kier alpha value is -2.71. The van der Waals surface area contributed by atoms with E-state index in [1.807, 2.05) is 12.3 Å². The number of hydrogen-bond donors (Lipinski definition) is 1. The van der Waals surface area contributed by atoms with E-state index in [1.165, 1.54) is 17.1 Å². The average molecular weight is 306 g/mol. The normalized spacial score (nSPS) is 12.0. The molecule has 0 aliphatic heterocycles. The number of hydrogen-bond acceptors (Lipinski definition) is 5. The monoisotopic (exact) mass is 306 g/mol. The summed E-state index contributed by atoms with van der Waals surface area (Å²) in [6, 6.07) is 1.85. The van der Waals surface area contributed by atoms with Crippen LogP contribution in [0, 0.1) is 16.0 Å². The van der Waals surface area contributed by atoms with Crippen LogP contribution >= 0.6 is 0 Å². The highest BCUT2D eigenvalue weighted by Crippen LogP contribution is 2.09. The first kappa shape index (κ1) is 15.7. The largest absolute Gasteiger partial charge is 0.356 e. The molecule has 0 aliphatic rings. The Balaban J connectivity index is 1.70. The Bertz CT molecular complexity index is 622. The van der Waals surface area contributed by atoms with Crippen molar-refractivity contribution in [3.8, 4) is 0 Å². The van der Waals surface area contributed by atoms with E-state index >= 15 is 0 Å². The summed E-state index contributed by atoms with van der Waals surface area (Å²) >= 11 is 0. The molecule has 0 radical (unpaired) electrons. The van der Waals surface area contributed by atoms with Gasteiger partial charge in [0.15, 0.2) is 0 Å². The lowest BCUT2D eigenvalue weighted by atomic mass is 10.1. The first-order valence-electron chi connectivity index (χ1n) is 6.98. The minimum absolute atomic E-state index is 0.0770. The number of rotatable bonds is 8. The number of aryl methyl sites for hydroxylation is 1. The van der Waals surface area contributed by atoms with Crippen molar-refractivity contribution in [3.05, 3.63) is 41.0 Å². The highest BCUT2D eigenvalue weighted by atomic mass is 16.6. The van der Waals surface area contributed by atoms with Crippen molar-refractivity contribution in [1.29, 1.82) is 0 Å². The third kappa shape index (κ3) is 4.40. The maximum atomic E-state index is 11.9. The minimum atomic E-state index is -0.510. The summed E-state index contributed by atoms with van der Waals surface area (Å²) in [5.74, 6) is -0.414. The van der Waals surface area contributed by atoms with Gasteiger partial charge in [0.2, 0.25) is 5.91 Å². The number of nitrogens with one attached hydrogen (secondary N) is 1. The van der Waals surface area contributed by atoms with Crippen LogP contribution in [0.25, 0.3) is 0 Å². The summed E-state index contributed by atoms with van der Waals surface area (Å²) < 4.78 is 3.21. The molecule has 1 unspecified atom stereocenters. The molecule has 2 heterocycles. The van der Waals surface area contributed by atoms with E-state index < -0.39 is 4.92 Å². The highest BCUT2D eigenvalue weighted by Gasteiger charge is 2.15. The van der Waals surface area contributed by atoms with Crippen molar-refractivity contribution in [2.45, 2.75) is 26.4 Å². The molecular formula is C13H18N6O3. The van der Waals surface area contributed by atoms with Gasteiger partial charge >= 0.3 is 5.69 Å². The van der Waals surface area contributed by atoms with Gasteiger partial charge in [-0.25, -0.2) is 0 Å². The number of amides is 1. The Labute approximate surface area is 127 Å². The van der Waals surface area contributed by atoms with Crippen LogP contribution in [0.2, 0.25) is 0 Å². The molecule has 0 saturated carbocycles. The zero-order valence-corrected chi connectivity index (χ0v) is 12.3. The lowest BCUT2D eigenvalue weighted by Gasteiger charge is -2.12. The van der Waals surface area contributed by atoms with Crippen molar-refractivity contribution >= 4 is 11.6 Å². The standard InChI is InChI=1S/C13H18N6O3/c1-11(9-18-10-12(8-16-18)19(21)22)13(20)14-4-2-6-17-7-3-5-15-17/h3,5,7-8,10-11H,2,4,6,9H2,1H3,(H,14,20). The summed E-state index contributed by atoms with van der Waals surface area (Å²) in [7, 11) is 0. The molecular weight excluding hydrogens is 288 g/mol. The number of carbonyl (C=O) groups is 1. The van der Waals surface area contributed by atoms with Crippen molar-refractivity contribution in [2.75, 3.05) is 6.54 Å². The fourth-order valence-corrected chi connectivity index (χ4v) is 1.97. The molecule has 2 aromatic heterocycles. The van der Waals surface area contributed by atoms with Gasteiger partial charge in [-0.2, -0.15) is 10.2 Å². The molecule has 0 aromatic carbocycles. The molecule has 118 valence electrons. The lowest BCUT2D eigenvalue weighted by molar-refractivity contribution is -0.385. The minimum Gasteiger partial charge on any atom is -0.356 e. The first-order chi connectivity index (χ1) is 10.6. The van der Waals surface area contributed by atoms with Crippen molar-refractivity contribution in [1.82, 2.24) is 24.9 Å². The van der Waals surface area contributed by atoms with E-state index in [-0.39, 0.29) is 17.5 Å². The summed E-state index contributed by atoms with van der Waals surface area (Å²) in [4.78, 5) is 22.0. The third-order valence-electron chi connectivity index (χ3n) is 3.16. The van der Waals surface area contributed by atoms with Crippen LogP contribution in [0.15, 0.2) is 30.9 Å². The molecule has 0 aliphatic carbocycles. The second kappa shape index (κ2) is 7.34. The van der Waals surface area contributed by atoms with Gasteiger partial charge in [-0.1, -0.05) is 6.92 Å². The molecule has 9 heteroatoms. The van der Waals surface area contributed by atoms with Crippen LogP contribution in [-0.2, 0) is 17.9 Å². The molecule has 1 atom stereocenters. The molecule has 0 spiro atoms. The number of nitro groups is 1. The van der Waals surface area contributed by atoms with Crippen LogP contribution < -0.4 is 5.32 Å². The van der Waals surface area contributed by atoms with Gasteiger partial charge in [-0.15, -0.1) is 0 Å². The first-order valence-corrected chi connectivity index (χ1v) is 6.98. The summed E-state index contributed by atoms with van der Waals surface area (Å²) in [5, 5.41) is 21.4. The van der Waals surface area contributed by atoms with Crippen molar-refractivity contribution < 1.29 is 9.72 Å². The third-order valence-corrected chi connectivity index (χ3v) is 3.16. The lowest BCUT2D eigenvalue weighted by Crippen LogP contribution is -2.32. The fraction of sp³-hybridized carbons (Fsp3) is 0.462. The van der Waals surface area contributed by atoms with E-state index in [0.717, 1.165) is 13.0 Å². The molecule has 2 rings (SSSR count). The molecule has 0 fully saturated rings. The van der Waals surface area contributed by atoms with Gasteiger partial charge in [0.25, 0.3) is 0 Å². The molecule has 1 N–H and O–H groups in total. The Morgan fingerprint density at radius 2 is 2.27 bits per heavy atom. The predicted octanol–water partition coefficient (Wildman–Crippen LogP) is 0.830. The molecule has 22 heavy (non-hydrogen) atoms. The fourth-order valence-electron chi connectivity index (χ4n) is 1.97. The van der Waals surface area contributed by atoms with Gasteiger partial charge < -0.3 is 5.32 Å². The summed E-state index contributed by atoms with van der Waals surface area (Å²) in [6.45, 7) is 3.37. The van der Waals surface area contributed by atoms with E-state index in [0.29, 0.717) is 13.1 Å².